The molecule has 118 valence electrons. The summed E-state index contributed by atoms with van der Waals surface area (Å²) < 4.78 is 21.2. The van der Waals surface area contributed by atoms with E-state index in [1.807, 2.05) is 36.4 Å². The van der Waals surface area contributed by atoms with Gasteiger partial charge in [-0.25, -0.2) is 0 Å². The minimum Gasteiger partial charge on any atom is -0.497 e. The summed E-state index contributed by atoms with van der Waals surface area (Å²) in [5, 5.41) is 2.14. The van der Waals surface area contributed by atoms with Crippen LogP contribution in [0.4, 0.5) is 5.69 Å². The summed E-state index contributed by atoms with van der Waals surface area (Å²) in [4.78, 5) is 0. The molecular formula is C17H22NO4+. The van der Waals surface area contributed by atoms with Gasteiger partial charge in [-0.1, -0.05) is 0 Å². The molecule has 0 spiro atoms. The van der Waals surface area contributed by atoms with Crippen LogP contribution >= 0.6 is 0 Å². The van der Waals surface area contributed by atoms with Crippen molar-refractivity contribution in [3.63, 3.8) is 0 Å². The van der Waals surface area contributed by atoms with E-state index in [1.54, 1.807) is 28.4 Å². The first-order chi connectivity index (χ1) is 10.7. The number of nitrogens with two attached hydrogens (primary N) is 1. The van der Waals surface area contributed by atoms with Crippen molar-refractivity contribution in [2.24, 2.45) is 0 Å². The summed E-state index contributed by atoms with van der Waals surface area (Å²) in [5.41, 5.74) is 2.22. The van der Waals surface area contributed by atoms with Gasteiger partial charge in [0.25, 0.3) is 0 Å². The molecular weight excluding hydrogens is 282 g/mol. The zero-order chi connectivity index (χ0) is 15.9. The molecule has 0 atom stereocenters. The third-order valence-electron chi connectivity index (χ3n) is 3.41. The molecule has 0 amide bonds. The van der Waals surface area contributed by atoms with Crippen LogP contribution in [-0.4, -0.2) is 28.4 Å². The quantitative estimate of drug-likeness (QED) is 0.796. The summed E-state index contributed by atoms with van der Waals surface area (Å²) >= 11 is 0. The van der Waals surface area contributed by atoms with Crippen LogP contribution in [0.1, 0.15) is 5.56 Å². The van der Waals surface area contributed by atoms with Crippen molar-refractivity contribution in [1.29, 1.82) is 0 Å². The smallest absolute Gasteiger partial charge is 0.203 e. The second-order valence-electron chi connectivity index (χ2n) is 4.71. The van der Waals surface area contributed by atoms with Crippen LogP contribution in [0, 0.1) is 0 Å². The zero-order valence-electron chi connectivity index (χ0n) is 13.4. The normalized spacial score (nSPS) is 10.2. The molecule has 0 aliphatic rings. The summed E-state index contributed by atoms with van der Waals surface area (Å²) in [5.74, 6) is 2.79. The van der Waals surface area contributed by atoms with Gasteiger partial charge in [-0.05, 0) is 24.3 Å². The first kappa shape index (κ1) is 16.0. The van der Waals surface area contributed by atoms with E-state index < -0.39 is 0 Å². The Morgan fingerprint density at radius 3 is 1.82 bits per heavy atom. The van der Waals surface area contributed by atoms with E-state index in [2.05, 4.69) is 5.32 Å². The highest BCUT2D eigenvalue weighted by atomic mass is 16.5. The monoisotopic (exact) mass is 304 g/mol. The number of methoxy groups -OCH3 is 4. The van der Waals surface area contributed by atoms with Gasteiger partial charge in [-0.15, -0.1) is 0 Å². The molecule has 0 saturated carbocycles. The predicted molar refractivity (Wildman–Crippen MR) is 84.4 cm³/mol. The van der Waals surface area contributed by atoms with Crippen molar-refractivity contribution < 1.29 is 24.3 Å². The largest absolute Gasteiger partial charge is 0.497 e. The first-order valence-corrected chi connectivity index (χ1v) is 6.98. The number of quaternary nitrogens is 1. The van der Waals surface area contributed by atoms with Gasteiger partial charge in [0.2, 0.25) is 5.75 Å². The average molecular weight is 304 g/mol. The standard InChI is InChI=1S/C17H21NO4/c1-19-14-7-5-13(6-8-14)18-11-12-9-15(20-2)17(22-4)16(10-12)21-3/h5-10,18H,11H2,1-4H3/p+1. The van der Waals surface area contributed by atoms with E-state index >= 15 is 0 Å². The molecule has 2 aromatic rings. The molecule has 5 nitrogen and oxygen atoms in total. The van der Waals surface area contributed by atoms with E-state index in [4.69, 9.17) is 18.9 Å². The molecule has 2 rings (SSSR count). The number of hydrogen-bond acceptors (Lipinski definition) is 4. The van der Waals surface area contributed by atoms with Gasteiger partial charge in [0.1, 0.15) is 18.0 Å². The fourth-order valence-corrected chi connectivity index (χ4v) is 2.23. The van der Waals surface area contributed by atoms with Crippen molar-refractivity contribution in [3.8, 4) is 23.0 Å². The lowest BCUT2D eigenvalue weighted by Gasteiger charge is -2.13. The van der Waals surface area contributed by atoms with Gasteiger partial charge >= 0.3 is 0 Å². The Bertz CT molecular complexity index is 586. The summed E-state index contributed by atoms with van der Waals surface area (Å²) in [6.07, 6.45) is 0. The van der Waals surface area contributed by atoms with Crippen LogP contribution in [0.2, 0.25) is 0 Å². The molecule has 0 radical (unpaired) electrons. The lowest BCUT2D eigenvalue weighted by molar-refractivity contribution is -0.588. The molecule has 0 aromatic heterocycles. The first-order valence-electron chi connectivity index (χ1n) is 6.98. The third kappa shape index (κ3) is 3.62. The van der Waals surface area contributed by atoms with Crippen molar-refractivity contribution >= 4 is 5.69 Å². The molecule has 2 aromatic carbocycles. The van der Waals surface area contributed by atoms with Crippen LogP contribution < -0.4 is 24.3 Å². The zero-order valence-corrected chi connectivity index (χ0v) is 13.4. The minimum absolute atomic E-state index is 0.609. The van der Waals surface area contributed by atoms with E-state index in [0.717, 1.165) is 23.5 Å². The molecule has 0 aliphatic carbocycles. The lowest BCUT2D eigenvalue weighted by atomic mass is 10.1. The molecule has 0 saturated heterocycles. The molecule has 0 aliphatic heterocycles. The fourth-order valence-electron chi connectivity index (χ4n) is 2.23. The molecule has 0 bridgehead atoms. The Morgan fingerprint density at radius 2 is 1.36 bits per heavy atom. The SMILES string of the molecule is COc1ccc([NH2+]Cc2cc(OC)c(OC)c(OC)c2)cc1. The molecule has 22 heavy (non-hydrogen) atoms. The van der Waals surface area contributed by atoms with Crippen LogP contribution in [0.3, 0.4) is 0 Å². The average Bonchev–Trinajstić information content (AvgIpc) is 2.59. The lowest BCUT2D eigenvalue weighted by Crippen LogP contribution is -2.76. The van der Waals surface area contributed by atoms with Gasteiger partial charge in [-0.2, -0.15) is 0 Å². The van der Waals surface area contributed by atoms with Crippen molar-refractivity contribution in [3.05, 3.63) is 42.0 Å². The van der Waals surface area contributed by atoms with Gasteiger partial charge in [-0.3, -0.25) is 0 Å². The second kappa shape index (κ2) is 7.56. The summed E-state index contributed by atoms with van der Waals surface area (Å²) in [6.45, 7) is 0.767. The number of ether oxygens (including phenoxy) is 4. The highest BCUT2D eigenvalue weighted by molar-refractivity contribution is 5.53. The molecule has 5 heteroatoms. The van der Waals surface area contributed by atoms with E-state index in [9.17, 15) is 0 Å². The van der Waals surface area contributed by atoms with E-state index in [0.29, 0.717) is 17.2 Å². The maximum Gasteiger partial charge on any atom is 0.203 e. The van der Waals surface area contributed by atoms with E-state index in [1.165, 1.54) is 0 Å². The summed E-state index contributed by atoms with van der Waals surface area (Å²) in [6, 6.07) is 11.9. The van der Waals surface area contributed by atoms with Gasteiger partial charge in [0.15, 0.2) is 11.5 Å². The Morgan fingerprint density at radius 1 is 0.773 bits per heavy atom. The second-order valence-corrected chi connectivity index (χ2v) is 4.71. The number of benzene rings is 2. The van der Waals surface area contributed by atoms with Crippen LogP contribution in [0.15, 0.2) is 36.4 Å². The van der Waals surface area contributed by atoms with E-state index in [-0.39, 0.29) is 0 Å². The molecule has 0 unspecified atom stereocenters. The van der Waals surface area contributed by atoms with Crippen molar-refractivity contribution in [2.75, 3.05) is 28.4 Å². The summed E-state index contributed by atoms with van der Waals surface area (Å²) in [7, 11) is 6.50. The maximum atomic E-state index is 5.37. The van der Waals surface area contributed by atoms with Crippen LogP contribution in [-0.2, 0) is 6.54 Å². The molecule has 0 heterocycles. The van der Waals surface area contributed by atoms with Gasteiger partial charge in [0, 0.05) is 17.7 Å². The third-order valence-corrected chi connectivity index (χ3v) is 3.41. The fraction of sp³-hybridized carbons (Fsp3) is 0.294. The Kier molecular flexibility index (Phi) is 5.49. The minimum atomic E-state index is 0.609. The van der Waals surface area contributed by atoms with Gasteiger partial charge in [0.05, 0.1) is 28.4 Å². The highest BCUT2D eigenvalue weighted by Gasteiger charge is 2.14. The van der Waals surface area contributed by atoms with Gasteiger partial charge < -0.3 is 24.3 Å². The highest BCUT2D eigenvalue weighted by Crippen LogP contribution is 2.37. The number of hydrogen-bond donors (Lipinski definition) is 1. The van der Waals surface area contributed by atoms with Crippen molar-refractivity contribution in [1.82, 2.24) is 0 Å². The Hall–Kier alpha value is -2.40. The van der Waals surface area contributed by atoms with Crippen molar-refractivity contribution in [2.45, 2.75) is 6.54 Å². The van der Waals surface area contributed by atoms with Crippen LogP contribution in [0.5, 0.6) is 23.0 Å². The topological polar surface area (TPSA) is 53.5 Å². The molecule has 2 N–H and O–H groups in total. The molecule has 0 fully saturated rings. The van der Waals surface area contributed by atoms with Crippen LogP contribution in [0.25, 0.3) is 0 Å². The Balaban J connectivity index is 2.14. The predicted octanol–water partition coefficient (Wildman–Crippen LogP) is 2.12. The maximum absolute atomic E-state index is 5.37. The Labute approximate surface area is 130 Å². The number of rotatable bonds is 7.